The predicted octanol–water partition coefficient (Wildman–Crippen LogP) is 3.26. The first kappa shape index (κ1) is 16.0. The van der Waals surface area contributed by atoms with Crippen LogP contribution >= 0.6 is 11.6 Å². The number of nitrogens with zero attached hydrogens (tertiary/aromatic N) is 5. The Labute approximate surface area is 153 Å². The van der Waals surface area contributed by atoms with Gasteiger partial charge in [-0.1, -0.05) is 48.0 Å². The highest BCUT2D eigenvalue weighted by Gasteiger charge is 2.21. The number of para-hydroxylation sites is 2. The number of rotatable bonds is 4. The molecule has 0 saturated heterocycles. The molecule has 0 saturated carbocycles. The fourth-order valence-corrected chi connectivity index (χ4v) is 2.64. The van der Waals surface area contributed by atoms with Crippen LogP contribution in [0.4, 0.5) is 0 Å². The van der Waals surface area contributed by atoms with Crippen molar-refractivity contribution < 1.29 is 4.74 Å². The van der Waals surface area contributed by atoms with E-state index in [1.807, 2.05) is 24.3 Å². The summed E-state index contributed by atoms with van der Waals surface area (Å²) in [7, 11) is 0. The number of hydrogen-bond donors (Lipinski definition) is 0. The van der Waals surface area contributed by atoms with Gasteiger partial charge in [0.05, 0.1) is 5.69 Å². The Balaban J connectivity index is 1.95. The summed E-state index contributed by atoms with van der Waals surface area (Å²) < 4.78 is 8.36. The van der Waals surface area contributed by atoms with Gasteiger partial charge in [0.1, 0.15) is 18.4 Å². The maximum Gasteiger partial charge on any atom is 0.301 e. The Morgan fingerprint density at radius 2 is 1.65 bits per heavy atom. The summed E-state index contributed by atoms with van der Waals surface area (Å²) in [6.07, 6.45) is 2.73. The summed E-state index contributed by atoms with van der Waals surface area (Å²) in [5.41, 5.74) is 0.263. The Kier molecular flexibility index (Phi) is 4.20. The van der Waals surface area contributed by atoms with Gasteiger partial charge in [-0.2, -0.15) is 9.78 Å². The van der Waals surface area contributed by atoms with Crippen molar-refractivity contribution in [3.63, 3.8) is 0 Å². The van der Waals surface area contributed by atoms with Gasteiger partial charge in [0.2, 0.25) is 0 Å². The molecule has 128 valence electrons. The fraction of sp³-hybridized carbons (Fsp3) is 0. The van der Waals surface area contributed by atoms with E-state index in [0.29, 0.717) is 11.4 Å². The van der Waals surface area contributed by atoms with Gasteiger partial charge >= 0.3 is 5.56 Å². The number of hydrogen-bond acceptors (Lipinski definition) is 5. The number of benzene rings is 2. The summed E-state index contributed by atoms with van der Waals surface area (Å²) in [6.45, 7) is 0. The molecule has 0 aliphatic rings. The summed E-state index contributed by atoms with van der Waals surface area (Å²) >= 11 is 6.37. The molecule has 7 nitrogen and oxygen atoms in total. The molecule has 0 spiro atoms. The highest BCUT2D eigenvalue weighted by atomic mass is 35.5. The summed E-state index contributed by atoms with van der Waals surface area (Å²) in [4.78, 5) is 17.0. The number of ether oxygens (including phenoxy) is 1. The third-order valence-corrected chi connectivity index (χ3v) is 3.84. The first-order valence-electron chi connectivity index (χ1n) is 7.70. The van der Waals surface area contributed by atoms with E-state index in [9.17, 15) is 4.79 Å². The zero-order chi connectivity index (χ0) is 17.9. The predicted molar refractivity (Wildman–Crippen MR) is 96.3 cm³/mol. The summed E-state index contributed by atoms with van der Waals surface area (Å²) in [5.74, 6) is 0.634. The van der Waals surface area contributed by atoms with E-state index in [1.165, 1.54) is 22.0 Å². The van der Waals surface area contributed by atoms with Crippen molar-refractivity contribution in [2.45, 2.75) is 0 Å². The van der Waals surface area contributed by atoms with Crippen LogP contribution in [0.3, 0.4) is 0 Å². The second kappa shape index (κ2) is 6.81. The van der Waals surface area contributed by atoms with Crippen LogP contribution in [0.15, 0.2) is 78.1 Å². The van der Waals surface area contributed by atoms with Crippen LogP contribution in [0, 0.1) is 0 Å². The molecular formula is C18H12ClN5O2. The third kappa shape index (κ3) is 2.96. The highest BCUT2D eigenvalue weighted by Crippen LogP contribution is 2.31. The van der Waals surface area contributed by atoms with Gasteiger partial charge in [-0.15, -0.1) is 5.10 Å². The molecule has 0 N–H and O–H groups in total. The minimum Gasteiger partial charge on any atom is -0.452 e. The van der Waals surface area contributed by atoms with Crippen molar-refractivity contribution in [3.05, 3.63) is 88.8 Å². The quantitative estimate of drug-likeness (QED) is 0.555. The molecule has 0 fully saturated rings. The van der Waals surface area contributed by atoms with E-state index < -0.39 is 5.56 Å². The number of aromatic nitrogens is 5. The van der Waals surface area contributed by atoms with Gasteiger partial charge in [0, 0.05) is 0 Å². The molecular weight excluding hydrogens is 354 g/mol. The van der Waals surface area contributed by atoms with Crippen LogP contribution in [0.25, 0.3) is 11.4 Å². The molecule has 26 heavy (non-hydrogen) atoms. The van der Waals surface area contributed by atoms with Crippen LogP contribution in [0.5, 0.6) is 11.5 Å². The van der Waals surface area contributed by atoms with E-state index in [0.717, 1.165) is 0 Å². The van der Waals surface area contributed by atoms with Gasteiger partial charge in [0.25, 0.3) is 0 Å². The largest absolute Gasteiger partial charge is 0.452 e. The molecule has 0 unspecified atom stereocenters. The Morgan fingerprint density at radius 3 is 2.31 bits per heavy atom. The maximum absolute atomic E-state index is 13.1. The molecule has 0 atom stereocenters. The minimum atomic E-state index is -0.433. The van der Waals surface area contributed by atoms with Gasteiger partial charge in [-0.25, -0.2) is 9.67 Å². The first-order chi connectivity index (χ1) is 12.7. The average Bonchev–Trinajstić information content (AvgIpc) is 3.20. The van der Waals surface area contributed by atoms with Crippen LogP contribution in [-0.2, 0) is 0 Å². The van der Waals surface area contributed by atoms with Crippen molar-refractivity contribution in [2.24, 2.45) is 0 Å². The third-order valence-electron chi connectivity index (χ3n) is 3.60. The smallest absolute Gasteiger partial charge is 0.301 e. The monoisotopic (exact) mass is 365 g/mol. The van der Waals surface area contributed by atoms with E-state index in [1.54, 1.807) is 36.4 Å². The zero-order valence-corrected chi connectivity index (χ0v) is 14.1. The molecule has 2 aromatic heterocycles. The minimum absolute atomic E-state index is 0.0304. The van der Waals surface area contributed by atoms with Crippen LogP contribution in [0.2, 0.25) is 5.15 Å². The lowest BCUT2D eigenvalue weighted by Gasteiger charge is -2.14. The molecule has 8 heteroatoms. The van der Waals surface area contributed by atoms with E-state index in [2.05, 4.69) is 15.2 Å². The lowest BCUT2D eigenvalue weighted by atomic mass is 10.3. The van der Waals surface area contributed by atoms with Crippen LogP contribution in [-0.4, -0.2) is 24.5 Å². The Morgan fingerprint density at radius 1 is 0.962 bits per heavy atom. The van der Waals surface area contributed by atoms with Crippen LogP contribution < -0.4 is 10.3 Å². The van der Waals surface area contributed by atoms with E-state index in [-0.39, 0.29) is 16.6 Å². The Bertz CT molecular complexity index is 1080. The van der Waals surface area contributed by atoms with Crippen LogP contribution in [0.1, 0.15) is 0 Å². The second-order valence-electron chi connectivity index (χ2n) is 5.28. The van der Waals surface area contributed by atoms with Gasteiger partial charge in [-0.3, -0.25) is 4.79 Å². The zero-order valence-electron chi connectivity index (χ0n) is 13.4. The fourth-order valence-electron chi connectivity index (χ4n) is 2.44. The molecule has 0 aliphatic heterocycles. The molecule has 2 aromatic carbocycles. The van der Waals surface area contributed by atoms with Crippen molar-refractivity contribution in [1.82, 2.24) is 24.5 Å². The first-order valence-corrected chi connectivity index (χ1v) is 8.08. The lowest BCUT2D eigenvalue weighted by molar-refractivity contribution is 0.470. The molecule has 0 aliphatic carbocycles. The molecule has 2 heterocycles. The molecule has 0 radical (unpaired) electrons. The van der Waals surface area contributed by atoms with Crippen molar-refractivity contribution in [3.8, 4) is 22.9 Å². The number of halogens is 1. The highest BCUT2D eigenvalue weighted by molar-refractivity contribution is 6.31. The lowest BCUT2D eigenvalue weighted by Crippen LogP contribution is -2.26. The van der Waals surface area contributed by atoms with Gasteiger partial charge < -0.3 is 4.74 Å². The van der Waals surface area contributed by atoms with Crippen molar-refractivity contribution in [2.75, 3.05) is 0 Å². The van der Waals surface area contributed by atoms with Crippen molar-refractivity contribution in [1.29, 1.82) is 0 Å². The van der Waals surface area contributed by atoms with Crippen molar-refractivity contribution >= 4 is 11.6 Å². The average molecular weight is 366 g/mol. The summed E-state index contributed by atoms with van der Waals surface area (Å²) in [6, 6.07) is 18.0. The topological polar surface area (TPSA) is 74.8 Å². The summed E-state index contributed by atoms with van der Waals surface area (Å²) in [5, 5.41) is 8.27. The maximum atomic E-state index is 13.1. The molecule has 4 rings (SSSR count). The Hall–Kier alpha value is -3.45. The van der Waals surface area contributed by atoms with E-state index in [4.69, 9.17) is 16.3 Å². The molecule has 0 amide bonds. The van der Waals surface area contributed by atoms with Gasteiger partial charge in [0.15, 0.2) is 16.6 Å². The molecule has 4 aromatic rings. The second-order valence-corrected chi connectivity index (χ2v) is 5.63. The normalized spacial score (nSPS) is 10.7. The van der Waals surface area contributed by atoms with E-state index >= 15 is 0 Å². The van der Waals surface area contributed by atoms with Gasteiger partial charge in [-0.05, 0) is 24.3 Å². The standard InChI is InChI=1S/C18H12ClN5O2/c19-17-16(26-14-9-5-2-6-10-14)15(23-12-20-11-21-23)18(25)24(22-17)13-7-3-1-4-8-13/h1-12H. The SMILES string of the molecule is O=c1c(-n2cncn2)c(Oc2ccccc2)c(Cl)nn1-c1ccccc1. The molecule has 0 bridgehead atoms.